The van der Waals surface area contributed by atoms with E-state index < -0.39 is 29.6 Å². The third-order valence-corrected chi connectivity index (χ3v) is 6.84. The number of ether oxygens (including phenoxy) is 1. The number of hydrogen-bond acceptors (Lipinski definition) is 4. The zero-order chi connectivity index (χ0) is 23.6. The van der Waals surface area contributed by atoms with Gasteiger partial charge in [-0.25, -0.2) is 9.59 Å². The first kappa shape index (κ1) is 22.8. The lowest BCUT2D eigenvalue weighted by molar-refractivity contribution is -0.150. The maximum absolute atomic E-state index is 12.7. The summed E-state index contributed by atoms with van der Waals surface area (Å²) in [5.41, 5.74) is 3.19. The van der Waals surface area contributed by atoms with E-state index in [0.717, 1.165) is 35.1 Å². The Morgan fingerprint density at radius 3 is 2.27 bits per heavy atom. The number of carboxylic acid groups (broad SMARTS) is 1. The van der Waals surface area contributed by atoms with Crippen LogP contribution in [0.15, 0.2) is 48.5 Å². The minimum atomic E-state index is -1.29. The Hall–Kier alpha value is -3.35. The van der Waals surface area contributed by atoms with E-state index in [1.54, 1.807) is 0 Å². The van der Waals surface area contributed by atoms with E-state index in [9.17, 15) is 19.5 Å². The molecule has 2 aliphatic carbocycles. The van der Waals surface area contributed by atoms with E-state index in [1.807, 2.05) is 43.3 Å². The highest BCUT2D eigenvalue weighted by atomic mass is 16.5. The van der Waals surface area contributed by atoms with Gasteiger partial charge in [0.15, 0.2) is 0 Å². The van der Waals surface area contributed by atoms with Gasteiger partial charge in [0.05, 0.1) is 0 Å². The lowest BCUT2D eigenvalue weighted by Gasteiger charge is -2.37. The molecule has 1 saturated carbocycles. The number of nitrogens with one attached hydrogen (secondary N) is 2. The van der Waals surface area contributed by atoms with Gasteiger partial charge in [-0.1, -0.05) is 68.3 Å². The van der Waals surface area contributed by atoms with Crippen LogP contribution >= 0.6 is 0 Å². The lowest BCUT2D eigenvalue weighted by Crippen LogP contribution is -2.60. The van der Waals surface area contributed by atoms with Crippen LogP contribution in [0.3, 0.4) is 0 Å². The average molecular weight is 451 g/mol. The number of hydrogen-bond donors (Lipinski definition) is 3. The van der Waals surface area contributed by atoms with Crippen molar-refractivity contribution < 1.29 is 24.2 Å². The van der Waals surface area contributed by atoms with Crippen molar-refractivity contribution in [1.82, 2.24) is 10.6 Å². The quantitative estimate of drug-likeness (QED) is 0.616. The first-order valence-electron chi connectivity index (χ1n) is 11.5. The summed E-state index contributed by atoms with van der Waals surface area (Å²) < 4.78 is 5.49. The molecule has 3 N–H and O–H groups in total. The van der Waals surface area contributed by atoms with Gasteiger partial charge in [-0.05, 0) is 47.9 Å². The predicted molar refractivity (Wildman–Crippen MR) is 124 cm³/mol. The van der Waals surface area contributed by atoms with Crippen LogP contribution in [0.4, 0.5) is 4.79 Å². The van der Waals surface area contributed by atoms with Gasteiger partial charge in [0.1, 0.15) is 18.2 Å². The predicted octanol–water partition coefficient (Wildman–Crippen LogP) is 4.06. The van der Waals surface area contributed by atoms with Crippen LogP contribution in [-0.2, 0) is 14.3 Å². The zero-order valence-electron chi connectivity index (χ0n) is 19.0. The van der Waals surface area contributed by atoms with Crippen molar-refractivity contribution in [3.05, 3.63) is 59.7 Å². The number of carbonyl (C=O) groups is 3. The van der Waals surface area contributed by atoms with Crippen molar-refractivity contribution in [3.63, 3.8) is 0 Å². The Bertz CT molecular complexity index is 1020. The largest absolute Gasteiger partial charge is 0.480 e. The first-order valence-corrected chi connectivity index (χ1v) is 11.5. The molecule has 7 heteroatoms. The van der Waals surface area contributed by atoms with Gasteiger partial charge in [-0.15, -0.1) is 0 Å². The standard InChI is InChI=1S/C26H30N2O5/c1-16-8-7-13-26(14-16,24(30)31)28-23(29)17(2)27-25(32)33-15-22-20-11-5-3-9-18(20)19-10-4-6-12-21(19)22/h3-6,9-12,16-17,22H,7-8,13-15H2,1-2H3,(H,27,32)(H,28,29)(H,30,31)/t16?,17-,26?/m0/s1. The molecule has 0 bridgehead atoms. The van der Waals surface area contributed by atoms with Crippen LogP contribution in [0.2, 0.25) is 0 Å². The van der Waals surface area contributed by atoms with Gasteiger partial charge in [0.2, 0.25) is 5.91 Å². The third kappa shape index (κ3) is 4.58. The highest BCUT2D eigenvalue weighted by Crippen LogP contribution is 2.44. The fourth-order valence-corrected chi connectivity index (χ4v) is 5.14. The summed E-state index contributed by atoms with van der Waals surface area (Å²) in [5.74, 6) is -1.43. The van der Waals surface area contributed by atoms with Crippen LogP contribution in [0.1, 0.15) is 56.6 Å². The molecule has 0 radical (unpaired) electrons. The molecule has 2 unspecified atom stereocenters. The van der Waals surface area contributed by atoms with Crippen molar-refractivity contribution >= 4 is 18.0 Å². The highest BCUT2D eigenvalue weighted by Gasteiger charge is 2.44. The topological polar surface area (TPSA) is 105 Å². The molecule has 7 nitrogen and oxygen atoms in total. The zero-order valence-corrected chi connectivity index (χ0v) is 19.0. The molecule has 2 aromatic rings. The monoisotopic (exact) mass is 450 g/mol. The molecule has 3 atom stereocenters. The second-order valence-electron chi connectivity index (χ2n) is 9.27. The Morgan fingerprint density at radius 2 is 1.70 bits per heavy atom. The number of benzene rings is 2. The summed E-state index contributed by atoms with van der Waals surface area (Å²) in [6.07, 6.45) is 1.74. The van der Waals surface area contributed by atoms with Crippen LogP contribution in [-0.4, -0.2) is 41.3 Å². The molecule has 0 heterocycles. The van der Waals surface area contributed by atoms with Gasteiger partial charge < -0.3 is 20.5 Å². The second kappa shape index (κ2) is 9.25. The molecule has 0 saturated heterocycles. The van der Waals surface area contributed by atoms with Gasteiger partial charge >= 0.3 is 12.1 Å². The average Bonchev–Trinajstić information content (AvgIpc) is 3.11. The summed E-state index contributed by atoms with van der Waals surface area (Å²) >= 11 is 0. The number of fused-ring (bicyclic) bond motifs is 3. The SMILES string of the molecule is CC1CCCC(NC(=O)[C@H](C)NC(=O)OCC2c3ccccc3-c3ccccc32)(C(=O)O)C1. The van der Waals surface area contributed by atoms with Crippen molar-refractivity contribution in [3.8, 4) is 11.1 Å². The Labute approximate surface area is 193 Å². The van der Waals surface area contributed by atoms with Gasteiger partial charge in [-0.2, -0.15) is 0 Å². The van der Waals surface area contributed by atoms with E-state index in [0.29, 0.717) is 12.8 Å². The molecule has 174 valence electrons. The summed E-state index contributed by atoms with van der Waals surface area (Å²) in [7, 11) is 0. The summed E-state index contributed by atoms with van der Waals surface area (Å²) in [4.78, 5) is 37.1. The lowest BCUT2D eigenvalue weighted by atomic mass is 9.76. The van der Waals surface area contributed by atoms with E-state index >= 15 is 0 Å². The van der Waals surface area contributed by atoms with E-state index in [-0.39, 0.29) is 18.4 Å². The third-order valence-electron chi connectivity index (χ3n) is 6.84. The molecule has 0 aliphatic heterocycles. The molecule has 0 spiro atoms. The van der Waals surface area contributed by atoms with Crippen molar-refractivity contribution in [2.75, 3.05) is 6.61 Å². The molecule has 4 rings (SSSR count). The van der Waals surface area contributed by atoms with Crippen molar-refractivity contribution in [1.29, 1.82) is 0 Å². The fourth-order valence-electron chi connectivity index (χ4n) is 5.14. The highest BCUT2D eigenvalue weighted by molar-refractivity contribution is 5.91. The summed E-state index contributed by atoms with van der Waals surface area (Å²) in [6.45, 7) is 3.66. The molecule has 0 aromatic heterocycles. The fraction of sp³-hybridized carbons (Fsp3) is 0.423. The van der Waals surface area contributed by atoms with Crippen molar-refractivity contribution in [2.24, 2.45) is 5.92 Å². The van der Waals surface area contributed by atoms with Gasteiger partial charge in [-0.3, -0.25) is 4.79 Å². The van der Waals surface area contributed by atoms with Crippen LogP contribution in [0.25, 0.3) is 11.1 Å². The van der Waals surface area contributed by atoms with Crippen LogP contribution in [0.5, 0.6) is 0 Å². The van der Waals surface area contributed by atoms with Gasteiger partial charge in [0.25, 0.3) is 0 Å². The molecular formula is C26H30N2O5. The normalized spacial score (nSPS) is 22.5. The number of rotatable bonds is 6. The molecule has 1 fully saturated rings. The van der Waals surface area contributed by atoms with Gasteiger partial charge in [0, 0.05) is 5.92 Å². The number of carboxylic acids is 1. The van der Waals surface area contributed by atoms with Crippen LogP contribution in [0, 0.1) is 5.92 Å². The number of carbonyl (C=O) groups excluding carboxylic acids is 2. The first-order chi connectivity index (χ1) is 15.8. The Morgan fingerprint density at radius 1 is 1.09 bits per heavy atom. The molecule has 2 aliphatic rings. The Balaban J connectivity index is 1.36. The minimum absolute atomic E-state index is 0.0775. The maximum Gasteiger partial charge on any atom is 0.407 e. The summed E-state index contributed by atoms with van der Waals surface area (Å²) in [6, 6.07) is 15.2. The summed E-state index contributed by atoms with van der Waals surface area (Å²) in [5, 5.41) is 15.0. The molecule has 2 aromatic carbocycles. The second-order valence-corrected chi connectivity index (χ2v) is 9.27. The number of amides is 2. The smallest absolute Gasteiger partial charge is 0.407 e. The molecule has 2 amide bonds. The molecule has 33 heavy (non-hydrogen) atoms. The number of alkyl carbamates (subject to hydrolysis) is 1. The van der Waals surface area contributed by atoms with Crippen LogP contribution < -0.4 is 10.6 Å². The van der Waals surface area contributed by atoms with E-state index in [4.69, 9.17) is 4.74 Å². The van der Waals surface area contributed by atoms with E-state index in [2.05, 4.69) is 22.8 Å². The minimum Gasteiger partial charge on any atom is -0.480 e. The Kier molecular flexibility index (Phi) is 6.40. The molecular weight excluding hydrogens is 420 g/mol. The van der Waals surface area contributed by atoms with Crippen molar-refractivity contribution in [2.45, 2.75) is 57.0 Å². The van der Waals surface area contributed by atoms with E-state index in [1.165, 1.54) is 6.92 Å². The number of aliphatic carboxylic acids is 1. The maximum atomic E-state index is 12.7.